The van der Waals surface area contributed by atoms with E-state index >= 15 is 0 Å². The largest absolute Gasteiger partial charge is 0.348 e. The molecule has 138 valence electrons. The predicted octanol–water partition coefficient (Wildman–Crippen LogP) is 4.05. The van der Waals surface area contributed by atoms with Crippen molar-refractivity contribution in [2.24, 2.45) is 0 Å². The van der Waals surface area contributed by atoms with E-state index in [9.17, 15) is 4.79 Å². The second-order valence-electron chi connectivity index (χ2n) is 6.93. The van der Waals surface area contributed by atoms with Gasteiger partial charge in [-0.05, 0) is 42.7 Å². The number of halogens is 1. The van der Waals surface area contributed by atoms with E-state index < -0.39 is 5.41 Å². The number of hydrogen-bond acceptors (Lipinski definition) is 3. The number of nitrogens with one attached hydrogen (secondary N) is 1. The zero-order chi connectivity index (χ0) is 18.7. The molecule has 2 aromatic carbocycles. The van der Waals surface area contributed by atoms with Crippen LogP contribution in [0.2, 0.25) is 5.02 Å². The van der Waals surface area contributed by atoms with Crippen molar-refractivity contribution in [1.82, 2.24) is 20.1 Å². The molecular formula is C21H21ClN4O. The number of benzene rings is 2. The first-order chi connectivity index (χ1) is 13.2. The minimum atomic E-state index is -0.484. The summed E-state index contributed by atoms with van der Waals surface area (Å²) in [6.07, 6.45) is 5.48. The molecule has 3 aromatic rings. The van der Waals surface area contributed by atoms with Crippen molar-refractivity contribution in [3.8, 4) is 5.69 Å². The van der Waals surface area contributed by atoms with Crippen LogP contribution in [0.5, 0.6) is 0 Å². The maximum absolute atomic E-state index is 13.2. The Kier molecular flexibility index (Phi) is 4.94. The van der Waals surface area contributed by atoms with Crippen LogP contribution in [0.1, 0.15) is 37.1 Å². The van der Waals surface area contributed by atoms with Gasteiger partial charge in [0.15, 0.2) is 5.82 Å². The first-order valence-corrected chi connectivity index (χ1v) is 9.55. The zero-order valence-corrected chi connectivity index (χ0v) is 15.7. The van der Waals surface area contributed by atoms with Crippen LogP contribution in [0.25, 0.3) is 5.69 Å². The van der Waals surface area contributed by atoms with Gasteiger partial charge >= 0.3 is 0 Å². The maximum Gasteiger partial charge on any atom is 0.231 e. The molecular weight excluding hydrogens is 360 g/mol. The molecule has 0 bridgehead atoms. The van der Waals surface area contributed by atoms with Crippen molar-refractivity contribution in [3.63, 3.8) is 0 Å². The highest BCUT2D eigenvalue weighted by Gasteiger charge is 2.42. The highest BCUT2D eigenvalue weighted by molar-refractivity contribution is 6.30. The summed E-state index contributed by atoms with van der Waals surface area (Å²) < 4.78 is 1.89. The molecule has 1 N–H and O–H groups in total. The number of nitrogens with zero attached hydrogens (tertiary/aromatic N) is 3. The van der Waals surface area contributed by atoms with Gasteiger partial charge in [-0.15, -0.1) is 10.2 Å². The Morgan fingerprint density at radius 1 is 1.07 bits per heavy atom. The molecule has 0 aliphatic heterocycles. The number of rotatable bonds is 5. The SMILES string of the molecule is O=C(NCc1nncn1-c1ccccc1)C1(c2ccc(Cl)cc2)CCCC1. The first-order valence-electron chi connectivity index (χ1n) is 9.18. The molecule has 4 rings (SSSR count). The van der Waals surface area contributed by atoms with Gasteiger partial charge in [-0.25, -0.2) is 0 Å². The van der Waals surface area contributed by atoms with Crippen LogP contribution in [-0.2, 0) is 16.8 Å². The number of para-hydroxylation sites is 1. The number of carbonyl (C=O) groups excluding carboxylic acids is 1. The summed E-state index contributed by atoms with van der Waals surface area (Å²) in [6, 6.07) is 17.5. The van der Waals surface area contributed by atoms with Crippen LogP contribution in [0.4, 0.5) is 0 Å². The molecule has 0 radical (unpaired) electrons. The number of carbonyl (C=O) groups is 1. The van der Waals surface area contributed by atoms with E-state index in [1.165, 1.54) is 0 Å². The molecule has 1 heterocycles. The van der Waals surface area contributed by atoms with Crippen molar-refractivity contribution in [2.45, 2.75) is 37.6 Å². The fourth-order valence-corrected chi connectivity index (χ4v) is 4.03. The van der Waals surface area contributed by atoms with Gasteiger partial charge < -0.3 is 5.32 Å². The lowest BCUT2D eigenvalue weighted by molar-refractivity contribution is -0.126. The predicted molar refractivity (Wildman–Crippen MR) is 105 cm³/mol. The lowest BCUT2D eigenvalue weighted by Crippen LogP contribution is -2.42. The molecule has 27 heavy (non-hydrogen) atoms. The van der Waals surface area contributed by atoms with Crippen LogP contribution < -0.4 is 5.32 Å². The highest BCUT2D eigenvalue weighted by Crippen LogP contribution is 2.41. The average molecular weight is 381 g/mol. The average Bonchev–Trinajstić information content (AvgIpc) is 3.38. The van der Waals surface area contributed by atoms with Crippen molar-refractivity contribution in [3.05, 3.63) is 77.3 Å². The monoisotopic (exact) mass is 380 g/mol. The van der Waals surface area contributed by atoms with Gasteiger partial charge in [-0.3, -0.25) is 9.36 Å². The van der Waals surface area contributed by atoms with E-state index in [0.29, 0.717) is 17.4 Å². The minimum Gasteiger partial charge on any atom is -0.348 e. The van der Waals surface area contributed by atoms with Gasteiger partial charge in [0, 0.05) is 10.7 Å². The lowest BCUT2D eigenvalue weighted by atomic mass is 9.78. The van der Waals surface area contributed by atoms with Crippen LogP contribution in [0, 0.1) is 0 Å². The maximum atomic E-state index is 13.2. The van der Waals surface area contributed by atoms with Crippen molar-refractivity contribution >= 4 is 17.5 Å². The van der Waals surface area contributed by atoms with Crippen LogP contribution >= 0.6 is 11.6 Å². The Labute approximate surface area is 163 Å². The second-order valence-corrected chi connectivity index (χ2v) is 7.37. The topological polar surface area (TPSA) is 59.8 Å². The molecule has 1 aliphatic carbocycles. The van der Waals surface area contributed by atoms with Gasteiger partial charge in [0.1, 0.15) is 6.33 Å². The van der Waals surface area contributed by atoms with Gasteiger partial charge in [0.25, 0.3) is 0 Å². The van der Waals surface area contributed by atoms with E-state index in [1.54, 1.807) is 6.33 Å². The van der Waals surface area contributed by atoms with Crippen molar-refractivity contribution < 1.29 is 4.79 Å². The molecule has 1 saturated carbocycles. The van der Waals surface area contributed by atoms with Crippen LogP contribution in [0.15, 0.2) is 60.9 Å². The number of hydrogen-bond donors (Lipinski definition) is 1. The quantitative estimate of drug-likeness (QED) is 0.726. The van der Waals surface area contributed by atoms with Crippen molar-refractivity contribution in [2.75, 3.05) is 0 Å². The van der Waals surface area contributed by atoms with E-state index in [-0.39, 0.29) is 5.91 Å². The second kappa shape index (κ2) is 7.53. The Hall–Kier alpha value is -2.66. The Morgan fingerprint density at radius 3 is 2.48 bits per heavy atom. The minimum absolute atomic E-state index is 0.0462. The standard InChI is InChI=1S/C21H21ClN4O/c22-17-10-8-16(9-11-17)21(12-4-5-13-21)20(27)23-14-19-25-24-15-26(19)18-6-2-1-3-7-18/h1-3,6-11,15H,4-5,12-14H2,(H,23,27). The molecule has 6 heteroatoms. The smallest absolute Gasteiger partial charge is 0.231 e. The van der Waals surface area contributed by atoms with Crippen LogP contribution in [0.3, 0.4) is 0 Å². The number of aromatic nitrogens is 3. The van der Waals surface area contributed by atoms with Gasteiger partial charge in [0.2, 0.25) is 5.91 Å². The molecule has 5 nitrogen and oxygen atoms in total. The summed E-state index contributed by atoms with van der Waals surface area (Å²) in [6.45, 7) is 0.336. The third kappa shape index (κ3) is 3.47. The van der Waals surface area contributed by atoms with Gasteiger partial charge in [-0.2, -0.15) is 0 Å². The third-order valence-corrected chi connectivity index (χ3v) is 5.60. The summed E-state index contributed by atoms with van der Waals surface area (Å²) in [5.41, 5.74) is 1.52. The highest BCUT2D eigenvalue weighted by atomic mass is 35.5. The Morgan fingerprint density at radius 2 is 1.78 bits per heavy atom. The first kappa shape index (κ1) is 17.7. The van der Waals surface area contributed by atoms with Crippen molar-refractivity contribution in [1.29, 1.82) is 0 Å². The molecule has 1 fully saturated rings. The molecule has 0 atom stereocenters. The van der Waals surface area contributed by atoms with E-state index in [2.05, 4.69) is 15.5 Å². The van der Waals surface area contributed by atoms with Crippen LogP contribution in [-0.4, -0.2) is 20.7 Å². The lowest BCUT2D eigenvalue weighted by Gasteiger charge is -2.28. The molecule has 0 spiro atoms. The normalized spacial score (nSPS) is 15.6. The Bertz CT molecular complexity index is 915. The number of amides is 1. The molecule has 1 aromatic heterocycles. The van der Waals surface area contributed by atoms with Gasteiger partial charge in [0.05, 0.1) is 12.0 Å². The molecule has 1 amide bonds. The molecule has 1 aliphatic rings. The molecule has 0 saturated heterocycles. The zero-order valence-electron chi connectivity index (χ0n) is 14.9. The van der Waals surface area contributed by atoms with E-state index in [1.807, 2.05) is 59.2 Å². The summed E-state index contributed by atoms with van der Waals surface area (Å²) in [7, 11) is 0. The third-order valence-electron chi connectivity index (χ3n) is 5.35. The summed E-state index contributed by atoms with van der Waals surface area (Å²) in [5, 5.41) is 12.0. The fourth-order valence-electron chi connectivity index (χ4n) is 3.91. The van der Waals surface area contributed by atoms with E-state index in [4.69, 9.17) is 11.6 Å². The fraction of sp³-hybridized carbons (Fsp3) is 0.286. The van der Waals surface area contributed by atoms with Gasteiger partial charge in [-0.1, -0.05) is 54.8 Å². The van der Waals surface area contributed by atoms with E-state index in [0.717, 1.165) is 36.9 Å². The summed E-state index contributed by atoms with van der Waals surface area (Å²) in [5.74, 6) is 0.753. The Balaban J connectivity index is 1.54. The summed E-state index contributed by atoms with van der Waals surface area (Å²) >= 11 is 6.03. The molecule has 0 unspecified atom stereocenters. The summed E-state index contributed by atoms with van der Waals surface area (Å²) in [4.78, 5) is 13.2.